The fourth-order valence-electron chi connectivity index (χ4n) is 2.50. The Morgan fingerprint density at radius 3 is 2.58 bits per heavy atom. The second kappa shape index (κ2) is 8.93. The van der Waals surface area contributed by atoms with Crippen LogP contribution in [0.5, 0.6) is 11.5 Å². The fourth-order valence-corrected chi connectivity index (χ4v) is 3.43. The van der Waals surface area contributed by atoms with Gasteiger partial charge in [-0.2, -0.15) is 13.2 Å². The highest BCUT2D eigenvalue weighted by atomic mass is 32.1. The molecule has 10 heteroatoms. The van der Waals surface area contributed by atoms with Crippen LogP contribution >= 0.6 is 11.3 Å². The number of carbonyl (C=O) groups is 1. The summed E-state index contributed by atoms with van der Waals surface area (Å²) in [5.41, 5.74) is -2.36. The van der Waals surface area contributed by atoms with Crippen LogP contribution in [0.2, 0.25) is 0 Å². The number of aromatic nitrogens is 2. The molecule has 3 aromatic rings. The van der Waals surface area contributed by atoms with Crippen molar-refractivity contribution in [3.05, 3.63) is 59.2 Å². The van der Waals surface area contributed by atoms with E-state index in [1.54, 1.807) is 36.4 Å². The number of nitrogens with zero attached hydrogens (tertiary/aromatic N) is 2. The molecule has 164 valence electrons. The van der Waals surface area contributed by atoms with Crippen molar-refractivity contribution in [3.63, 3.8) is 0 Å². The second-order valence-electron chi connectivity index (χ2n) is 7.02. The molecule has 31 heavy (non-hydrogen) atoms. The van der Waals surface area contributed by atoms with Gasteiger partial charge in [0.2, 0.25) is 0 Å². The number of hydrogen-bond donors (Lipinski definition) is 1. The highest BCUT2D eigenvalue weighted by Crippen LogP contribution is 2.31. The van der Waals surface area contributed by atoms with E-state index in [-0.39, 0.29) is 5.82 Å². The zero-order chi connectivity index (χ0) is 22.6. The van der Waals surface area contributed by atoms with Gasteiger partial charge in [-0.15, -0.1) is 11.3 Å². The minimum Gasteiger partial charge on any atom is -0.493 e. The largest absolute Gasteiger partial charge is 0.493 e. The highest BCUT2D eigenvalue weighted by molar-refractivity contribution is 7.15. The molecule has 1 aromatic carbocycles. The molecule has 0 aliphatic heterocycles. The van der Waals surface area contributed by atoms with Gasteiger partial charge in [-0.05, 0) is 44.2 Å². The zero-order valence-electron chi connectivity index (χ0n) is 16.6. The summed E-state index contributed by atoms with van der Waals surface area (Å²) in [5, 5.41) is 9.16. The maximum absolute atomic E-state index is 12.8. The molecule has 0 aliphatic rings. The number of hydrogen-bond acceptors (Lipinski definition) is 6. The van der Waals surface area contributed by atoms with E-state index in [0.29, 0.717) is 29.4 Å². The molecule has 0 atom stereocenters. The van der Waals surface area contributed by atoms with Crippen molar-refractivity contribution in [1.82, 2.24) is 9.97 Å². The lowest BCUT2D eigenvalue weighted by molar-refractivity contribution is -0.152. The number of carboxylic acids is 1. The van der Waals surface area contributed by atoms with Crippen LogP contribution in [-0.2, 0) is 17.4 Å². The van der Waals surface area contributed by atoms with Crippen LogP contribution < -0.4 is 9.47 Å². The van der Waals surface area contributed by atoms with E-state index in [4.69, 9.17) is 14.6 Å². The Bertz CT molecular complexity index is 1070. The Hall–Kier alpha value is -3.14. The first-order valence-electron chi connectivity index (χ1n) is 9.19. The SMILES string of the molecule is CC(C)(Oc1cccc(OCCc2ccc(-c3nccc(C(F)(F)F)n3)s2)c1)C(=O)O. The third-order valence-corrected chi connectivity index (χ3v) is 5.28. The van der Waals surface area contributed by atoms with E-state index >= 15 is 0 Å². The molecule has 0 saturated heterocycles. The molecule has 0 fully saturated rings. The predicted molar refractivity (Wildman–Crippen MR) is 108 cm³/mol. The normalized spacial score (nSPS) is 11.9. The minimum atomic E-state index is -4.52. The summed E-state index contributed by atoms with van der Waals surface area (Å²) in [5.74, 6) is -0.184. The van der Waals surface area contributed by atoms with Crippen molar-refractivity contribution >= 4 is 17.3 Å². The van der Waals surface area contributed by atoms with Crippen molar-refractivity contribution < 1.29 is 32.5 Å². The van der Waals surface area contributed by atoms with Crippen molar-refractivity contribution in [1.29, 1.82) is 0 Å². The van der Waals surface area contributed by atoms with Crippen LogP contribution in [0.15, 0.2) is 48.7 Å². The Morgan fingerprint density at radius 2 is 1.87 bits per heavy atom. The lowest BCUT2D eigenvalue weighted by Crippen LogP contribution is -2.37. The van der Waals surface area contributed by atoms with Gasteiger partial charge in [0.1, 0.15) is 17.2 Å². The first kappa shape index (κ1) is 22.5. The van der Waals surface area contributed by atoms with Gasteiger partial charge in [-0.1, -0.05) is 6.07 Å². The molecule has 0 radical (unpaired) electrons. The molecule has 0 amide bonds. The first-order valence-corrected chi connectivity index (χ1v) is 10.0. The summed E-state index contributed by atoms with van der Waals surface area (Å²) in [6.07, 6.45) is -2.91. The Balaban J connectivity index is 1.60. The lowest BCUT2D eigenvalue weighted by atomic mass is 10.1. The number of halogens is 3. The van der Waals surface area contributed by atoms with Crippen LogP contribution in [0.3, 0.4) is 0 Å². The molecule has 3 rings (SSSR count). The Kier molecular flexibility index (Phi) is 6.49. The van der Waals surface area contributed by atoms with Crippen molar-refractivity contribution in [2.24, 2.45) is 0 Å². The van der Waals surface area contributed by atoms with Crippen LogP contribution in [-0.4, -0.2) is 33.3 Å². The van der Waals surface area contributed by atoms with E-state index in [0.717, 1.165) is 17.1 Å². The van der Waals surface area contributed by atoms with Gasteiger partial charge in [0.05, 0.1) is 11.5 Å². The van der Waals surface area contributed by atoms with Gasteiger partial charge < -0.3 is 14.6 Å². The molecule has 0 bridgehead atoms. The minimum absolute atomic E-state index is 0.0258. The average Bonchev–Trinajstić information content (AvgIpc) is 3.16. The standard InChI is InChI=1S/C21H19F3N2O4S/c1-20(2,19(27)28)30-14-5-3-4-13(12-14)29-11-9-15-6-7-16(31-15)18-25-10-8-17(26-18)21(22,23)24/h3-8,10,12H,9,11H2,1-2H3,(H,27,28). The van der Waals surface area contributed by atoms with Gasteiger partial charge in [0.15, 0.2) is 11.4 Å². The molecule has 1 N–H and O–H groups in total. The quantitative estimate of drug-likeness (QED) is 0.513. The summed E-state index contributed by atoms with van der Waals surface area (Å²) in [7, 11) is 0. The third-order valence-electron chi connectivity index (χ3n) is 4.14. The summed E-state index contributed by atoms with van der Waals surface area (Å²) in [4.78, 5) is 20.1. The number of carboxylic acid groups (broad SMARTS) is 1. The number of benzene rings is 1. The zero-order valence-corrected chi connectivity index (χ0v) is 17.5. The lowest BCUT2D eigenvalue weighted by Gasteiger charge is -2.21. The molecule has 0 unspecified atom stereocenters. The summed E-state index contributed by atoms with van der Waals surface area (Å²) in [6, 6.07) is 11.0. The summed E-state index contributed by atoms with van der Waals surface area (Å²) in [6.45, 7) is 3.21. The molecule has 2 aromatic heterocycles. The molecular formula is C21H19F3N2O4S. The molecule has 0 aliphatic carbocycles. The van der Waals surface area contributed by atoms with Crippen molar-refractivity contribution in [2.45, 2.75) is 32.0 Å². The van der Waals surface area contributed by atoms with Crippen LogP contribution in [0.4, 0.5) is 13.2 Å². The predicted octanol–water partition coefficient (Wildman–Crippen LogP) is 5.09. The number of alkyl halides is 3. The molecule has 0 spiro atoms. The fraction of sp³-hybridized carbons (Fsp3) is 0.286. The van der Waals surface area contributed by atoms with Crippen LogP contribution in [0, 0.1) is 0 Å². The Labute approximate surface area is 180 Å². The molecule has 6 nitrogen and oxygen atoms in total. The van der Waals surface area contributed by atoms with E-state index in [1.807, 2.05) is 0 Å². The van der Waals surface area contributed by atoms with Gasteiger partial charge in [-0.25, -0.2) is 14.8 Å². The van der Waals surface area contributed by atoms with Gasteiger partial charge >= 0.3 is 12.1 Å². The maximum Gasteiger partial charge on any atom is 0.433 e. The highest BCUT2D eigenvalue weighted by Gasteiger charge is 2.33. The van der Waals surface area contributed by atoms with Gasteiger partial charge in [0.25, 0.3) is 0 Å². The van der Waals surface area contributed by atoms with Gasteiger partial charge in [0, 0.05) is 23.6 Å². The Morgan fingerprint density at radius 1 is 1.13 bits per heavy atom. The average molecular weight is 452 g/mol. The van der Waals surface area contributed by atoms with Crippen LogP contribution in [0.1, 0.15) is 24.4 Å². The van der Waals surface area contributed by atoms with Crippen molar-refractivity contribution in [3.8, 4) is 22.2 Å². The number of rotatable bonds is 8. The van der Waals surface area contributed by atoms with E-state index < -0.39 is 23.4 Å². The topological polar surface area (TPSA) is 81.5 Å². The first-order chi connectivity index (χ1) is 14.5. The second-order valence-corrected chi connectivity index (χ2v) is 8.19. The summed E-state index contributed by atoms with van der Waals surface area (Å²) < 4.78 is 49.7. The van der Waals surface area contributed by atoms with Crippen molar-refractivity contribution in [2.75, 3.05) is 6.61 Å². The molecular weight excluding hydrogens is 433 g/mol. The third kappa shape index (κ3) is 5.94. The monoisotopic (exact) mass is 452 g/mol. The number of ether oxygens (including phenoxy) is 2. The van der Waals surface area contributed by atoms with E-state index in [1.165, 1.54) is 25.2 Å². The van der Waals surface area contributed by atoms with E-state index in [2.05, 4.69) is 9.97 Å². The van der Waals surface area contributed by atoms with Crippen LogP contribution in [0.25, 0.3) is 10.7 Å². The molecule has 0 saturated carbocycles. The van der Waals surface area contributed by atoms with Gasteiger partial charge in [-0.3, -0.25) is 0 Å². The van der Waals surface area contributed by atoms with E-state index in [9.17, 15) is 18.0 Å². The number of thiophene rings is 1. The molecule has 2 heterocycles. The maximum atomic E-state index is 12.8. The summed E-state index contributed by atoms with van der Waals surface area (Å²) >= 11 is 1.29. The smallest absolute Gasteiger partial charge is 0.433 e. The number of aliphatic carboxylic acids is 1.